The fraction of sp³-hybridized carbons (Fsp3) is 0.242. The summed E-state index contributed by atoms with van der Waals surface area (Å²) in [5.74, 6) is 1.41. The normalized spacial score (nSPS) is 17.0. The highest BCUT2D eigenvalue weighted by atomic mass is 16.7. The molecule has 2 aliphatic heterocycles. The van der Waals surface area contributed by atoms with Gasteiger partial charge < -0.3 is 14.2 Å². The molecule has 0 saturated carbocycles. The minimum Gasteiger partial charge on any atom is -0.463 e. The Morgan fingerprint density at radius 3 is 2.18 bits per heavy atom. The molecule has 2 atom stereocenters. The van der Waals surface area contributed by atoms with Gasteiger partial charge in [0.15, 0.2) is 11.5 Å². The predicted molar refractivity (Wildman–Crippen MR) is 146 cm³/mol. The molecule has 0 N–H and O–H groups in total. The molecule has 0 bridgehead atoms. The molecule has 0 fully saturated rings. The van der Waals surface area contributed by atoms with E-state index in [-0.39, 0.29) is 31.3 Å². The molecule has 4 aromatic carbocycles. The summed E-state index contributed by atoms with van der Waals surface area (Å²) in [7, 11) is 0. The Labute approximate surface area is 223 Å². The summed E-state index contributed by atoms with van der Waals surface area (Å²) < 4.78 is 17.4. The van der Waals surface area contributed by atoms with Crippen molar-refractivity contribution >= 4 is 5.97 Å². The topological polar surface area (TPSA) is 48.0 Å². The molecule has 2 heterocycles. The lowest BCUT2D eigenvalue weighted by atomic mass is 9.86. The van der Waals surface area contributed by atoms with Crippen LogP contribution in [0.1, 0.15) is 39.9 Å². The van der Waals surface area contributed by atoms with Crippen molar-refractivity contribution in [3.05, 3.63) is 131 Å². The maximum absolute atomic E-state index is 12.9. The molecular weight excluding hydrogens is 474 g/mol. The van der Waals surface area contributed by atoms with Crippen LogP contribution in [0.15, 0.2) is 103 Å². The standard InChI is InChI=1S/C33H31NO4/c35-33(19-25-12-6-2-7-13-25)36-22-30(26-14-8-3-9-15-26)34-17-16-27-20-31-32(38-23-37-31)21-28(27)29(34)18-24-10-4-1-5-11-24/h1-15,20-21,29-30H,16-19,22-23H2/t29-,30+/m1/s1. The summed E-state index contributed by atoms with van der Waals surface area (Å²) in [6.07, 6.45) is 2.00. The van der Waals surface area contributed by atoms with Gasteiger partial charge in [-0.3, -0.25) is 9.69 Å². The Bertz CT molecular complexity index is 1370. The fourth-order valence-corrected chi connectivity index (χ4v) is 5.59. The summed E-state index contributed by atoms with van der Waals surface area (Å²) in [4.78, 5) is 15.4. The third kappa shape index (κ3) is 5.29. The molecular formula is C33H31NO4. The van der Waals surface area contributed by atoms with E-state index in [4.69, 9.17) is 14.2 Å². The molecule has 5 nitrogen and oxygen atoms in total. The van der Waals surface area contributed by atoms with Crippen molar-refractivity contribution in [3.8, 4) is 11.5 Å². The number of nitrogens with zero attached hydrogens (tertiary/aromatic N) is 1. The predicted octanol–water partition coefficient (Wildman–Crippen LogP) is 6.08. The third-order valence-electron chi connectivity index (χ3n) is 7.48. The number of esters is 1. The zero-order chi connectivity index (χ0) is 25.7. The van der Waals surface area contributed by atoms with E-state index in [1.807, 2.05) is 42.5 Å². The average Bonchev–Trinajstić information content (AvgIpc) is 3.42. The Morgan fingerprint density at radius 2 is 1.47 bits per heavy atom. The first-order valence-corrected chi connectivity index (χ1v) is 13.2. The second-order valence-electron chi connectivity index (χ2n) is 9.87. The fourth-order valence-electron chi connectivity index (χ4n) is 5.59. The summed E-state index contributed by atoms with van der Waals surface area (Å²) in [6.45, 7) is 1.40. The summed E-state index contributed by atoms with van der Waals surface area (Å²) >= 11 is 0. The van der Waals surface area contributed by atoms with Crippen LogP contribution in [0.4, 0.5) is 0 Å². The highest BCUT2D eigenvalue weighted by Gasteiger charge is 2.35. The van der Waals surface area contributed by atoms with E-state index in [9.17, 15) is 4.79 Å². The number of carbonyl (C=O) groups excluding carboxylic acids is 1. The summed E-state index contributed by atoms with van der Waals surface area (Å²) in [5, 5.41) is 0. The lowest BCUT2D eigenvalue weighted by Crippen LogP contribution is -2.41. The number of hydrogen-bond acceptors (Lipinski definition) is 5. The average molecular weight is 506 g/mol. The lowest BCUT2D eigenvalue weighted by Gasteiger charge is -2.42. The van der Waals surface area contributed by atoms with E-state index >= 15 is 0 Å². The van der Waals surface area contributed by atoms with Gasteiger partial charge in [0.25, 0.3) is 0 Å². The third-order valence-corrected chi connectivity index (χ3v) is 7.48. The molecule has 38 heavy (non-hydrogen) atoms. The van der Waals surface area contributed by atoms with E-state index in [1.165, 1.54) is 16.7 Å². The monoisotopic (exact) mass is 505 g/mol. The summed E-state index contributed by atoms with van der Waals surface area (Å²) in [6, 6.07) is 35.0. The molecule has 0 radical (unpaired) electrons. The number of carbonyl (C=O) groups is 1. The number of benzene rings is 4. The molecule has 6 rings (SSSR count). The van der Waals surface area contributed by atoms with E-state index in [2.05, 4.69) is 65.6 Å². The van der Waals surface area contributed by atoms with Gasteiger partial charge in [-0.15, -0.1) is 0 Å². The van der Waals surface area contributed by atoms with Gasteiger partial charge in [-0.05, 0) is 52.8 Å². The van der Waals surface area contributed by atoms with Crippen LogP contribution in [-0.4, -0.2) is 30.8 Å². The zero-order valence-corrected chi connectivity index (χ0v) is 21.3. The number of fused-ring (bicyclic) bond motifs is 2. The first-order chi connectivity index (χ1) is 18.7. The van der Waals surface area contributed by atoms with E-state index in [0.29, 0.717) is 6.61 Å². The van der Waals surface area contributed by atoms with Crippen molar-refractivity contribution < 1.29 is 19.0 Å². The number of hydrogen-bond donors (Lipinski definition) is 0. The Hall–Kier alpha value is -4.09. The SMILES string of the molecule is O=C(Cc1ccccc1)OC[C@@H](c1ccccc1)N1CCc2cc3c(cc2[C@H]1Cc1ccccc1)OCO3. The first kappa shape index (κ1) is 24.3. The van der Waals surface area contributed by atoms with Crippen LogP contribution in [0.5, 0.6) is 11.5 Å². The van der Waals surface area contributed by atoms with Crippen LogP contribution in [-0.2, 0) is 28.8 Å². The van der Waals surface area contributed by atoms with Gasteiger partial charge >= 0.3 is 5.97 Å². The largest absolute Gasteiger partial charge is 0.463 e. The minimum atomic E-state index is -0.211. The van der Waals surface area contributed by atoms with Gasteiger partial charge in [-0.25, -0.2) is 0 Å². The van der Waals surface area contributed by atoms with Crippen molar-refractivity contribution in [1.82, 2.24) is 4.90 Å². The van der Waals surface area contributed by atoms with Crippen LogP contribution >= 0.6 is 0 Å². The Balaban J connectivity index is 1.32. The van der Waals surface area contributed by atoms with Crippen LogP contribution in [0.3, 0.4) is 0 Å². The molecule has 0 amide bonds. The van der Waals surface area contributed by atoms with Crippen molar-refractivity contribution in [2.24, 2.45) is 0 Å². The van der Waals surface area contributed by atoms with Crippen LogP contribution in [0.25, 0.3) is 0 Å². The molecule has 5 heteroatoms. The van der Waals surface area contributed by atoms with Gasteiger partial charge in [0.2, 0.25) is 6.79 Å². The van der Waals surface area contributed by atoms with Crippen LogP contribution in [0.2, 0.25) is 0 Å². The molecule has 0 aromatic heterocycles. The lowest BCUT2D eigenvalue weighted by molar-refractivity contribution is -0.145. The molecule has 0 unspecified atom stereocenters. The van der Waals surface area contributed by atoms with Crippen molar-refractivity contribution in [1.29, 1.82) is 0 Å². The van der Waals surface area contributed by atoms with E-state index in [1.54, 1.807) is 0 Å². The van der Waals surface area contributed by atoms with Gasteiger partial charge in [-0.1, -0.05) is 91.0 Å². The van der Waals surface area contributed by atoms with E-state index in [0.717, 1.165) is 42.0 Å². The van der Waals surface area contributed by atoms with Crippen molar-refractivity contribution in [3.63, 3.8) is 0 Å². The van der Waals surface area contributed by atoms with Gasteiger partial charge in [-0.2, -0.15) is 0 Å². The molecule has 192 valence electrons. The van der Waals surface area contributed by atoms with Gasteiger partial charge in [0.1, 0.15) is 6.61 Å². The van der Waals surface area contributed by atoms with Crippen LogP contribution in [0, 0.1) is 0 Å². The first-order valence-electron chi connectivity index (χ1n) is 13.2. The number of ether oxygens (including phenoxy) is 3. The zero-order valence-electron chi connectivity index (χ0n) is 21.3. The summed E-state index contributed by atoms with van der Waals surface area (Å²) in [5.41, 5.74) is 5.90. The smallest absolute Gasteiger partial charge is 0.310 e. The second-order valence-corrected chi connectivity index (χ2v) is 9.87. The maximum Gasteiger partial charge on any atom is 0.310 e. The molecule has 0 saturated heterocycles. The van der Waals surface area contributed by atoms with Crippen molar-refractivity contribution in [2.75, 3.05) is 19.9 Å². The maximum atomic E-state index is 12.9. The second kappa shape index (κ2) is 11.1. The van der Waals surface area contributed by atoms with E-state index < -0.39 is 0 Å². The Morgan fingerprint density at radius 1 is 0.842 bits per heavy atom. The Kier molecular flexibility index (Phi) is 7.10. The van der Waals surface area contributed by atoms with Crippen LogP contribution < -0.4 is 9.47 Å². The molecule has 0 aliphatic carbocycles. The molecule has 2 aliphatic rings. The highest BCUT2D eigenvalue weighted by Crippen LogP contribution is 2.44. The quantitative estimate of drug-likeness (QED) is 0.272. The van der Waals surface area contributed by atoms with Crippen molar-refractivity contribution in [2.45, 2.75) is 31.3 Å². The molecule has 4 aromatic rings. The number of rotatable bonds is 8. The molecule has 0 spiro atoms. The van der Waals surface area contributed by atoms with Gasteiger partial charge in [0, 0.05) is 12.6 Å². The van der Waals surface area contributed by atoms with Gasteiger partial charge in [0.05, 0.1) is 12.5 Å². The minimum absolute atomic E-state index is 0.0804. The highest BCUT2D eigenvalue weighted by molar-refractivity contribution is 5.72.